The van der Waals surface area contributed by atoms with E-state index in [0.29, 0.717) is 13.1 Å². The molecule has 1 amide bonds. The van der Waals surface area contributed by atoms with E-state index in [-0.39, 0.29) is 17.4 Å². The Hall–Kier alpha value is -2.26. The summed E-state index contributed by atoms with van der Waals surface area (Å²) in [6.45, 7) is 4.84. The van der Waals surface area contributed by atoms with Crippen molar-refractivity contribution in [1.82, 2.24) is 9.80 Å². The molecule has 8 heteroatoms. The number of nitrogens with one attached hydrogen (secondary N) is 1. The fourth-order valence-corrected chi connectivity index (χ4v) is 5.35. The Bertz CT molecular complexity index is 977. The maximum atomic E-state index is 13.3. The highest BCUT2D eigenvalue weighted by Crippen LogP contribution is 2.25. The highest BCUT2D eigenvalue weighted by Gasteiger charge is 2.32. The molecule has 2 aliphatic heterocycles. The average molecular weight is 444 g/mol. The van der Waals surface area contributed by atoms with Crippen LogP contribution in [-0.2, 0) is 25.9 Å². The minimum absolute atomic E-state index is 0.0820. The van der Waals surface area contributed by atoms with Crippen LogP contribution < -0.4 is 5.32 Å². The molecule has 0 aromatic heterocycles. The first-order valence-electron chi connectivity index (χ1n) is 10.7. The molecule has 2 aliphatic rings. The summed E-state index contributed by atoms with van der Waals surface area (Å²) in [5.41, 5.74) is 2.75. The van der Waals surface area contributed by atoms with E-state index in [4.69, 9.17) is 4.74 Å². The summed E-state index contributed by atoms with van der Waals surface area (Å²) in [4.78, 5) is 17.6. The third kappa shape index (κ3) is 5.92. The molecule has 2 fully saturated rings. The van der Waals surface area contributed by atoms with Crippen LogP contribution in [0.3, 0.4) is 0 Å². The number of morpholine rings is 1. The van der Waals surface area contributed by atoms with Gasteiger partial charge in [0, 0.05) is 38.4 Å². The van der Waals surface area contributed by atoms with Crippen molar-refractivity contribution in [1.29, 1.82) is 0 Å². The fourth-order valence-electron chi connectivity index (χ4n) is 4.12. The van der Waals surface area contributed by atoms with Crippen LogP contribution in [-0.4, -0.2) is 75.0 Å². The number of benzene rings is 2. The van der Waals surface area contributed by atoms with E-state index in [0.717, 1.165) is 49.7 Å². The zero-order valence-corrected chi connectivity index (χ0v) is 18.4. The molecule has 1 N–H and O–H groups in total. The van der Waals surface area contributed by atoms with Gasteiger partial charge in [0.25, 0.3) is 0 Å². The number of carbonyl (C=O) groups excluding carboxylic acids is 1. The van der Waals surface area contributed by atoms with Crippen LogP contribution in [0.15, 0.2) is 54.6 Å². The first kappa shape index (κ1) is 22.0. The Balaban J connectivity index is 1.49. The summed E-state index contributed by atoms with van der Waals surface area (Å²) < 4.78 is 29.2. The second-order valence-corrected chi connectivity index (χ2v) is 10.4. The lowest BCUT2D eigenvalue weighted by Gasteiger charge is -2.33. The molecule has 2 aromatic carbocycles. The lowest BCUT2D eigenvalue weighted by molar-refractivity contribution is -0.121. The van der Waals surface area contributed by atoms with Gasteiger partial charge < -0.3 is 10.1 Å². The molecule has 0 spiro atoms. The Morgan fingerprint density at radius 2 is 1.68 bits per heavy atom. The molecule has 2 heterocycles. The van der Waals surface area contributed by atoms with Gasteiger partial charge in [-0.15, -0.1) is 0 Å². The number of nitrogens with zero attached hydrogens (tertiary/aromatic N) is 2. The van der Waals surface area contributed by atoms with Crippen LogP contribution in [0.1, 0.15) is 17.2 Å². The quantitative estimate of drug-likeness (QED) is 0.735. The molecule has 0 radical (unpaired) electrons. The van der Waals surface area contributed by atoms with Gasteiger partial charge in [-0.2, -0.15) is 0 Å². The Morgan fingerprint density at radius 1 is 0.968 bits per heavy atom. The van der Waals surface area contributed by atoms with Crippen molar-refractivity contribution >= 4 is 21.4 Å². The minimum Gasteiger partial charge on any atom is -0.379 e. The zero-order chi connectivity index (χ0) is 21.7. The van der Waals surface area contributed by atoms with Crippen molar-refractivity contribution in [2.45, 2.75) is 12.6 Å². The van der Waals surface area contributed by atoms with E-state index < -0.39 is 15.9 Å². The van der Waals surface area contributed by atoms with E-state index in [2.05, 4.69) is 16.3 Å². The lowest BCUT2D eigenvalue weighted by Crippen LogP contribution is -2.46. The topological polar surface area (TPSA) is 79.0 Å². The Morgan fingerprint density at radius 3 is 2.39 bits per heavy atom. The number of amides is 1. The highest BCUT2D eigenvalue weighted by molar-refractivity contribution is 7.91. The van der Waals surface area contributed by atoms with Crippen LogP contribution in [0.25, 0.3) is 0 Å². The second kappa shape index (κ2) is 9.91. The number of carbonyl (C=O) groups is 1. The summed E-state index contributed by atoms with van der Waals surface area (Å²) >= 11 is 0. The molecular weight excluding hydrogens is 414 g/mol. The maximum absolute atomic E-state index is 13.3. The molecule has 0 bridgehead atoms. The van der Waals surface area contributed by atoms with Crippen LogP contribution >= 0.6 is 0 Å². The Labute approximate surface area is 183 Å². The first-order chi connectivity index (χ1) is 15.0. The van der Waals surface area contributed by atoms with E-state index >= 15 is 0 Å². The SMILES string of the molecule is O=C(Nc1cccc(CN2CCOCC2)c1)C(c1ccccc1)N1CCS(=O)(=O)CC1. The molecule has 0 aliphatic carbocycles. The number of hydrogen-bond acceptors (Lipinski definition) is 6. The van der Waals surface area contributed by atoms with Crippen LogP contribution in [0.5, 0.6) is 0 Å². The molecule has 166 valence electrons. The molecule has 2 aromatic rings. The van der Waals surface area contributed by atoms with Crippen molar-refractivity contribution in [3.63, 3.8) is 0 Å². The molecule has 1 atom stereocenters. The fraction of sp³-hybridized carbons (Fsp3) is 0.435. The molecule has 1 unspecified atom stereocenters. The summed E-state index contributed by atoms with van der Waals surface area (Å²) in [6, 6.07) is 16.9. The molecule has 31 heavy (non-hydrogen) atoms. The minimum atomic E-state index is -3.02. The standard InChI is InChI=1S/C23H29N3O4S/c27-23(24-21-8-4-5-19(17-21)18-25-9-13-30-14-10-25)22(20-6-2-1-3-7-20)26-11-15-31(28,29)16-12-26/h1-8,17,22H,9-16,18H2,(H,24,27). The van der Waals surface area contributed by atoms with E-state index in [1.165, 1.54) is 0 Å². The number of rotatable bonds is 6. The van der Waals surface area contributed by atoms with Gasteiger partial charge in [0.05, 0.1) is 24.7 Å². The van der Waals surface area contributed by atoms with Gasteiger partial charge in [0.2, 0.25) is 5.91 Å². The van der Waals surface area contributed by atoms with Gasteiger partial charge in [-0.3, -0.25) is 14.6 Å². The average Bonchev–Trinajstić information content (AvgIpc) is 2.77. The van der Waals surface area contributed by atoms with Crippen molar-refractivity contribution in [3.8, 4) is 0 Å². The third-order valence-electron chi connectivity index (χ3n) is 5.81. The normalized spacial score (nSPS) is 20.8. The van der Waals surface area contributed by atoms with Crippen molar-refractivity contribution in [2.75, 3.05) is 56.2 Å². The largest absolute Gasteiger partial charge is 0.379 e. The highest BCUT2D eigenvalue weighted by atomic mass is 32.2. The summed E-state index contributed by atoms with van der Waals surface area (Å²) in [5, 5.41) is 3.06. The molecular formula is C23H29N3O4S. The summed E-state index contributed by atoms with van der Waals surface area (Å²) in [5.74, 6) is 0.0196. The summed E-state index contributed by atoms with van der Waals surface area (Å²) in [7, 11) is -3.02. The van der Waals surface area contributed by atoms with Crippen molar-refractivity contribution in [3.05, 3.63) is 65.7 Å². The first-order valence-corrected chi connectivity index (χ1v) is 12.5. The lowest BCUT2D eigenvalue weighted by atomic mass is 10.0. The number of anilines is 1. The van der Waals surface area contributed by atoms with E-state index in [1.807, 2.05) is 53.4 Å². The second-order valence-electron chi connectivity index (χ2n) is 8.08. The predicted molar refractivity (Wildman–Crippen MR) is 121 cm³/mol. The number of ether oxygens (including phenoxy) is 1. The zero-order valence-electron chi connectivity index (χ0n) is 17.6. The molecule has 2 saturated heterocycles. The smallest absolute Gasteiger partial charge is 0.246 e. The third-order valence-corrected chi connectivity index (χ3v) is 7.42. The molecule has 4 rings (SSSR count). The molecule has 0 saturated carbocycles. The van der Waals surface area contributed by atoms with Crippen LogP contribution in [0, 0.1) is 0 Å². The van der Waals surface area contributed by atoms with E-state index in [9.17, 15) is 13.2 Å². The number of hydrogen-bond donors (Lipinski definition) is 1. The monoisotopic (exact) mass is 443 g/mol. The van der Waals surface area contributed by atoms with Gasteiger partial charge in [0.1, 0.15) is 6.04 Å². The van der Waals surface area contributed by atoms with Gasteiger partial charge in [-0.1, -0.05) is 42.5 Å². The van der Waals surface area contributed by atoms with E-state index in [1.54, 1.807) is 0 Å². The van der Waals surface area contributed by atoms with Gasteiger partial charge in [0.15, 0.2) is 9.84 Å². The van der Waals surface area contributed by atoms with Crippen molar-refractivity contribution in [2.24, 2.45) is 0 Å². The predicted octanol–water partition coefficient (Wildman–Crippen LogP) is 1.93. The maximum Gasteiger partial charge on any atom is 0.246 e. The molecule has 7 nitrogen and oxygen atoms in total. The van der Waals surface area contributed by atoms with Crippen molar-refractivity contribution < 1.29 is 17.9 Å². The Kier molecular flexibility index (Phi) is 7.02. The van der Waals surface area contributed by atoms with Gasteiger partial charge >= 0.3 is 0 Å². The summed E-state index contributed by atoms with van der Waals surface area (Å²) in [6.07, 6.45) is 0. The van der Waals surface area contributed by atoms with Gasteiger partial charge in [-0.25, -0.2) is 8.42 Å². The number of sulfone groups is 1. The van der Waals surface area contributed by atoms with Crippen LogP contribution in [0.2, 0.25) is 0 Å². The van der Waals surface area contributed by atoms with Gasteiger partial charge in [-0.05, 0) is 23.3 Å². The van der Waals surface area contributed by atoms with Crippen LogP contribution in [0.4, 0.5) is 5.69 Å².